The van der Waals surface area contributed by atoms with E-state index in [1.165, 1.54) is 13.3 Å². The van der Waals surface area contributed by atoms with Crippen molar-refractivity contribution in [2.45, 2.75) is 0 Å². The van der Waals surface area contributed by atoms with Gasteiger partial charge in [0.2, 0.25) is 0 Å². The molecule has 1 rings (SSSR count). The number of ether oxygens (including phenoxy) is 1. The smallest absolute Gasteiger partial charge is 0.193 e. The lowest BCUT2D eigenvalue weighted by atomic mass is 10.5. The minimum Gasteiger partial charge on any atom is -0.493 e. The monoisotopic (exact) mass is 144 g/mol. The van der Waals surface area contributed by atoms with Crippen molar-refractivity contribution in [1.82, 2.24) is 10.2 Å². The molecule has 0 saturated heterocycles. The third kappa shape index (κ3) is 1.29. The summed E-state index contributed by atoms with van der Waals surface area (Å²) in [5, 5.41) is 7.36. The molecular weight excluding hydrogens is 140 g/mol. The molecule has 0 aliphatic rings. The Balaban J connectivity index is 3.01. The molecule has 0 N–H and O–H groups in total. The molecule has 0 aliphatic carbocycles. The van der Waals surface area contributed by atoms with Gasteiger partial charge in [0, 0.05) is 6.07 Å². The van der Waals surface area contributed by atoms with Crippen molar-refractivity contribution in [3.8, 4) is 5.75 Å². The van der Waals surface area contributed by atoms with Crippen molar-refractivity contribution in [3.63, 3.8) is 0 Å². The van der Waals surface area contributed by atoms with Gasteiger partial charge in [-0.2, -0.15) is 5.10 Å². The fourth-order valence-electron chi connectivity index (χ4n) is 0.455. The van der Waals surface area contributed by atoms with E-state index in [4.69, 9.17) is 16.3 Å². The zero-order chi connectivity index (χ0) is 6.69. The quantitative estimate of drug-likeness (QED) is 0.593. The van der Waals surface area contributed by atoms with Crippen LogP contribution in [0.3, 0.4) is 0 Å². The average molecular weight is 145 g/mol. The molecule has 3 nitrogen and oxygen atoms in total. The maximum atomic E-state index is 5.53. The lowest BCUT2D eigenvalue weighted by Gasteiger charge is -1.96. The van der Waals surface area contributed by atoms with Crippen LogP contribution in [0.25, 0.3) is 0 Å². The summed E-state index contributed by atoms with van der Waals surface area (Å²) in [5.74, 6) is 0.548. The van der Waals surface area contributed by atoms with E-state index in [9.17, 15) is 0 Å². The third-order valence-electron chi connectivity index (χ3n) is 0.861. The van der Waals surface area contributed by atoms with E-state index in [0.717, 1.165) is 0 Å². The van der Waals surface area contributed by atoms with Gasteiger partial charge in [0.15, 0.2) is 10.9 Å². The van der Waals surface area contributed by atoms with Crippen molar-refractivity contribution in [2.75, 3.05) is 7.11 Å². The molecule has 9 heavy (non-hydrogen) atoms. The number of hydrogen-bond acceptors (Lipinski definition) is 3. The van der Waals surface area contributed by atoms with Crippen molar-refractivity contribution < 1.29 is 4.74 Å². The molecule has 0 unspecified atom stereocenters. The van der Waals surface area contributed by atoms with Crippen LogP contribution in [-0.2, 0) is 0 Å². The van der Waals surface area contributed by atoms with Gasteiger partial charge in [0.1, 0.15) is 0 Å². The molecule has 0 spiro atoms. The first-order valence-electron chi connectivity index (χ1n) is 2.36. The molecule has 4 heteroatoms. The predicted molar refractivity (Wildman–Crippen MR) is 33.6 cm³/mol. The highest BCUT2D eigenvalue weighted by Crippen LogP contribution is 2.17. The van der Waals surface area contributed by atoms with Crippen LogP contribution in [0.4, 0.5) is 0 Å². The van der Waals surface area contributed by atoms with Gasteiger partial charge in [0.25, 0.3) is 0 Å². The second-order valence-electron chi connectivity index (χ2n) is 1.39. The number of halogens is 1. The number of aromatic nitrogens is 2. The number of hydrogen-bond donors (Lipinski definition) is 0. The topological polar surface area (TPSA) is 35.0 Å². The van der Waals surface area contributed by atoms with Gasteiger partial charge in [-0.1, -0.05) is 11.6 Å². The van der Waals surface area contributed by atoms with E-state index < -0.39 is 0 Å². The molecule has 48 valence electrons. The number of nitrogens with zero attached hydrogens (tertiary/aromatic N) is 2. The summed E-state index contributed by atoms with van der Waals surface area (Å²) in [6.07, 6.45) is 1.52. The standard InChI is InChI=1S/C5H5ClN2O/c1-9-4-2-3-7-8-5(4)6/h2-3H,1H3. The van der Waals surface area contributed by atoms with Gasteiger partial charge in [-0.15, -0.1) is 5.10 Å². The summed E-state index contributed by atoms with van der Waals surface area (Å²) >= 11 is 5.53. The Labute approximate surface area is 57.6 Å². The van der Waals surface area contributed by atoms with Gasteiger partial charge in [-0.25, -0.2) is 0 Å². The van der Waals surface area contributed by atoms with Crippen molar-refractivity contribution >= 4 is 11.6 Å². The van der Waals surface area contributed by atoms with Crippen LogP contribution in [0.15, 0.2) is 12.3 Å². The highest BCUT2D eigenvalue weighted by Gasteiger charge is 1.96. The normalized spacial score (nSPS) is 9.11. The summed E-state index contributed by atoms with van der Waals surface area (Å²) in [6.45, 7) is 0. The Morgan fingerprint density at radius 2 is 2.44 bits per heavy atom. The molecule has 0 aromatic carbocycles. The van der Waals surface area contributed by atoms with Crippen molar-refractivity contribution in [2.24, 2.45) is 0 Å². The Kier molecular flexibility index (Phi) is 1.85. The molecular formula is C5H5ClN2O. The number of rotatable bonds is 1. The fraction of sp³-hybridized carbons (Fsp3) is 0.200. The van der Waals surface area contributed by atoms with E-state index in [-0.39, 0.29) is 0 Å². The first kappa shape index (κ1) is 6.29. The Morgan fingerprint density at radius 3 is 2.89 bits per heavy atom. The Morgan fingerprint density at radius 1 is 1.67 bits per heavy atom. The molecule has 1 heterocycles. The van der Waals surface area contributed by atoms with E-state index in [2.05, 4.69) is 10.2 Å². The van der Waals surface area contributed by atoms with Gasteiger partial charge in [-0.3, -0.25) is 0 Å². The fourth-order valence-corrected chi connectivity index (χ4v) is 0.639. The maximum Gasteiger partial charge on any atom is 0.193 e. The summed E-state index contributed by atoms with van der Waals surface area (Å²) in [7, 11) is 1.53. The van der Waals surface area contributed by atoms with E-state index >= 15 is 0 Å². The van der Waals surface area contributed by atoms with E-state index in [1.54, 1.807) is 6.07 Å². The molecule has 0 bridgehead atoms. The highest BCUT2D eigenvalue weighted by molar-refractivity contribution is 6.30. The van der Waals surface area contributed by atoms with Gasteiger partial charge in [0.05, 0.1) is 13.3 Å². The zero-order valence-corrected chi connectivity index (χ0v) is 5.59. The van der Waals surface area contributed by atoms with Gasteiger partial charge >= 0.3 is 0 Å². The third-order valence-corrected chi connectivity index (χ3v) is 1.12. The molecule has 1 aromatic heterocycles. The van der Waals surface area contributed by atoms with Crippen LogP contribution < -0.4 is 4.74 Å². The Hall–Kier alpha value is -0.830. The van der Waals surface area contributed by atoms with Crippen LogP contribution in [-0.4, -0.2) is 17.3 Å². The predicted octanol–water partition coefficient (Wildman–Crippen LogP) is 1.14. The Bertz CT molecular complexity index is 204. The molecule has 0 fully saturated rings. The maximum absolute atomic E-state index is 5.53. The highest BCUT2D eigenvalue weighted by atomic mass is 35.5. The number of methoxy groups -OCH3 is 1. The SMILES string of the molecule is COc1ccnnc1Cl. The average Bonchev–Trinajstić information content (AvgIpc) is 1.89. The van der Waals surface area contributed by atoms with Crippen LogP contribution in [0.1, 0.15) is 0 Å². The zero-order valence-electron chi connectivity index (χ0n) is 4.84. The second kappa shape index (κ2) is 2.64. The largest absolute Gasteiger partial charge is 0.493 e. The van der Waals surface area contributed by atoms with Gasteiger partial charge < -0.3 is 4.74 Å². The lowest BCUT2D eigenvalue weighted by molar-refractivity contribution is 0.412. The van der Waals surface area contributed by atoms with E-state index in [0.29, 0.717) is 10.9 Å². The summed E-state index contributed by atoms with van der Waals surface area (Å²) in [4.78, 5) is 0. The van der Waals surface area contributed by atoms with Crippen LogP contribution >= 0.6 is 11.6 Å². The van der Waals surface area contributed by atoms with Crippen molar-refractivity contribution in [3.05, 3.63) is 17.4 Å². The first-order valence-corrected chi connectivity index (χ1v) is 2.73. The van der Waals surface area contributed by atoms with Crippen LogP contribution in [0.5, 0.6) is 5.75 Å². The van der Waals surface area contributed by atoms with E-state index in [1.807, 2.05) is 0 Å². The summed E-state index contributed by atoms with van der Waals surface area (Å²) in [5.41, 5.74) is 0. The summed E-state index contributed by atoms with van der Waals surface area (Å²) in [6, 6.07) is 1.65. The first-order chi connectivity index (χ1) is 4.34. The van der Waals surface area contributed by atoms with Crippen LogP contribution in [0, 0.1) is 0 Å². The second-order valence-corrected chi connectivity index (χ2v) is 1.75. The molecule has 0 radical (unpaired) electrons. The molecule has 0 amide bonds. The van der Waals surface area contributed by atoms with Crippen molar-refractivity contribution in [1.29, 1.82) is 0 Å². The molecule has 0 aliphatic heterocycles. The van der Waals surface area contributed by atoms with Gasteiger partial charge in [-0.05, 0) is 0 Å². The molecule has 1 aromatic rings. The van der Waals surface area contributed by atoms with Crippen LogP contribution in [0.2, 0.25) is 5.15 Å². The lowest BCUT2D eigenvalue weighted by Crippen LogP contribution is -1.87. The molecule has 0 atom stereocenters. The minimum atomic E-state index is 0.292. The summed E-state index contributed by atoms with van der Waals surface area (Å²) < 4.78 is 4.81. The minimum absolute atomic E-state index is 0.292. The molecule has 0 saturated carbocycles.